The van der Waals surface area contributed by atoms with Crippen molar-refractivity contribution in [3.05, 3.63) is 41.2 Å². The summed E-state index contributed by atoms with van der Waals surface area (Å²) in [4.78, 5) is 0.208. The van der Waals surface area contributed by atoms with E-state index in [0.29, 0.717) is 11.6 Å². The van der Waals surface area contributed by atoms with Crippen LogP contribution in [0.1, 0.15) is 0 Å². The van der Waals surface area contributed by atoms with Gasteiger partial charge in [0.1, 0.15) is 0 Å². The van der Waals surface area contributed by atoms with E-state index in [9.17, 15) is 10.2 Å². The average molecular weight is 275 g/mol. The molecule has 7 heteroatoms. The number of rotatable bonds is 2. The number of aromatic nitrogens is 3. The van der Waals surface area contributed by atoms with E-state index < -0.39 is 0 Å². The molecule has 0 unspecified atom stereocenters. The maximum atomic E-state index is 9.63. The van der Waals surface area contributed by atoms with Gasteiger partial charge in [-0.2, -0.15) is 0 Å². The highest BCUT2D eigenvalue weighted by molar-refractivity contribution is 7.71. The lowest BCUT2D eigenvalue weighted by Crippen LogP contribution is -1.92. The molecule has 0 spiro atoms. The maximum absolute atomic E-state index is 9.63. The van der Waals surface area contributed by atoms with Crippen LogP contribution >= 0.6 is 12.2 Å². The summed E-state index contributed by atoms with van der Waals surface area (Å²) in [6, 6.07) is 9.78. The summed E-state index contributed by atoms with van der Waals surface area (Å²) in [5, 5.41) is 25.7. The Morgan fingerprint density at radius 2 is 1.68 bits per heavy atom. The van der Waals surface area contributed by atoms with Crippen LogP contribution in [-0.4, -0.2) is 25.0 Å². The van der Waals surface area contributed by atoms with Gasteiger partial charge in [-0.05, 0) is 36.5 Å². The first-order chi connectivity index (χ1) is 9.15. The summed E-state index contributed by atoms with van der Waals surface area (Å²) in [5.41, 5.74) is 1.36. The fourth-order valence-corrected chi connectivity index (χ4v) is 1.91. The minimum absolute atomic E-state index is 0.0393. The predicted molar refractivity (Wildman–Crippen MR) is 69.8 cm³/mol. The highest BCUT2D eigenvalue weighted by atomic mass is 32.1. The van der Waals surface area contributed by atoms with Gasteiger partial charge in [-0.3, -0.25) is 4.57 Å². The van der Waals surface area contributed by atoms with Crippen LogP contribution in [0.3, 0.4) is 0 Å². The lowest BCUT2D eigenvalue weighted by Gasteiger charge is -2.06. The molecule has 2 aromatic heterocycles. The Morgan fingerprint density at radius 1 is 1.05 bits per heavy atom. The second-order valence-electron chi connectivity index (χ2n) is 3.85. The third kappa shape index (κ3) is 2.00. The quantitative estimate of drug-likeness (QED) is 0.626. The van der Waals surface area contributed by atoms with Gasteiger partial charge in [0, 0.05) is 17.7 Å². The number of nitrogens with zero attached hydrogens (tertiary/aromatic N) is 2. The summed E-state index contributed by atoms with van der Waals surface area (Å²) in [7, 11) is 0. The topological polar surface area (TPSA) is 87.2 Å². The zero-order valence-corrected chi connectivity index (χ0v) is 10.4. The number of nitrogens with one attached hydrogen (secondary N) is 1. The Hall–Kier alpha value is -2.54. The molecule has 0 atom stereocenters. The first kappa shape index (κ1) is 11.5. The molecule has 3 N–H and O–H groups in total. The van der Waals surface area contributed by atoms with Crippen LogP contribution in [-0.2, 0) is 0 Å². The van der Waals surface area contributed by atoms with Crippen LogP contribution in [0.25, 0.3) is 17.1 Å². The molecule has 0 saturated heterocycles. The van der Waals surface area contributed by atoms with E-state index in [1.165, 1.54) is 16.7 Å². The first-order valence-corrected chi connectivity index (χ1v) is 5.82. The molecule has 2 heterocycles. The number of H-pyrrole nitrogens is 1. The molecule has 3 aromatic rings. The van der Waals surface area contributed by atoms with E-state index in [2.05, 4.69) is 10.2 Å². The molecule has 0 aliphatic rings. The second-order valence-corrected chi connectivity index (χ2v) is 4.22. The van der Waals surface area contributed by atoms with Crippen molar-refractivity contribution in [2.45, 2.75) is 0 Å². The van der Waals surface area contributed by atoms with Crippen molar-refractivity contribution in [1.82, 2.24) is 14.8 Å². The number of aromatic amines is 1. The Labute approximate surface area is 112 Å². The molecule has 0 saturated carbocycles. The highest BCUT2D eigenvalue weighted by Crippen LogP contribution is 2.27. The van der Waals surface area contributed by atoms with Gasteiger partial charge in [0.2, 0.25) is 5.89 Å². The molecular formula is C12H9N3O3S. The molecule has 0 fully saturated rings. The van der Waals surface area contributed by atoms with Crippen LogP contribution < -0.4 is 0 Å². The van der Waals surface area contributed by atoms with E-state index in [1.54, 1.807) is 24.3 Å². The van der Waals surface area contributed by atoms with E-state index in [1.807, 2.05) is 0 Å². The lowest BCUT2D eigenvalue weighted by molar-refractivity contribution is 0.402. The fourth-order valence-electron chi connectivity index (χ4n) is 1.79. The Balaban J connectivity index is 2.02. The largest absolute Gasteiger partial charge is 0.494 e. The number of hydrogen-bond acceptors (Lipinski definition) is 5. The maximum Gasteiger partial charge on any atom is 0.284 e. The third-order valence-corrected chi connectivity index (χ3v) is 2.82. The van der Waals surface area contributed by atoms with Crippen LogP contribution in [0.15, 0.2) is 40.8 Å². The fraction of sp³-hybridized carbons (Fsp3) is 0. The Bertz CT molecular complexity index is 751. The monoisotopic (exact) mass is 275 g/mol. The molecule has 3 rings (SSSR count). The van der Waals surface area contributed by atoms with E-state index in [-0.39, 0.29) is 16.6 Å². The summed E-state index contributed by atoms with van der Waals surface area (Å²) < 4.78 is 6.50. The molecule has 1 aromatic carbocycles. The van der Waals surface area contributed by atoms with Crippen LogP contribution in [0.2, 0.25) is 0 Å². The van der Waals surface area contributed by atoms with Crippen molar-refractivity contribution in [3.8, 4) is 28.9 Å². The molecule has 0 amide bonds. The lowest BCUT2D eigenvalue weighted by atomic mass is 10.2. The van der Waals surface area contributed by atoms with Crippen LogP contribution in [0.5, 0.6) is 11.8 Å². The predicted octanol–water partition coefficient (Wildman–Crippen LogP) is 2.60. The highest BCUT2D eigenvalue weighted by Gasteiger charge is 2.09. The standard InChI is InChI=1S/C12H9N3O3S/c16-9-5-6-10(17)15(9)8-3-1-7(2-4-8)11-13-14-12(19)18-11/h1-6,16-17H,(H,14,19). The van der Waals surface area contributed by atoms with Gasteiger partial charge in [-0.1, -0.05) is 0 Å². The summed E-state index contributed by atoms with van der Waals surface area (Å²) in [6.45, 7) is 0. The summed E-state index contributed by atoms with van der Waals surface area (Å²) in [5.74, 6) is 0.308. The van der Waals surface area contributed by atoms with E-state index in [0.717, 1.165) is 5.56 Å². The molecule has 0 radical (unpaired) electrons. The van der Waals surface area contributed by atoms with Gasteiger partial charge in [-0.25, -0.2) is 5.10 Å². The Kier molecular flexibility index (Phi) is 2.60. The van der Waals surface area contributed by atoms with E-state index >= 15 is 0 Å². The summed E-state index contributed by atoms with van der Waals surface area (Å²) >= 11 is 4.80. The van der Waals surface area contributed by atoms with Gasteiger partial charge in [-0.15, -0.1) is 5.10 Å². The molecular weight excluding hydrogens is 266 g/mol. The summed E-state index contributed by atoms with van der Waals surface area (Å²) in [6.07, 6.45) is 0. The van der Waals surface area contributed by atoms with Gasteiger partial charge in [0.25, 0.3) is 4.84 Å². The van der Waals surface area contributed by atoms with Crippen molar-refractivity contribution in [2.24, 2.45) is 0 Å². The Morgan fingerprint density at radius 3 is 2.21 bits per heavy atom. The smallest absolute Gasteiger partial charge is 0.284 e. The number of aromatic hydroxyl groups is 2. The minimum atomic E-state index is -0.0393. The average Bonchev–Trinajstić information content (AvgIpc) is 2.97. The molecule has 0 aliphatic carbocycles. The third-order valence-electron chi connectivity index (χ3n) is 2.65. The molecule has 19 heavy (non-hydrogen) atoms. The first-order valence-electron chi connectivity index (χ1n) is 5.41. The van der Waals surface area contributed by atoms with Gasteiger partial charge < -0.3 is 14.6 Å². The van der Waals surface area contributed by atoms with Crippen molar-refractivity contribution in [2.75, 3.05) is 0 Å². The molecule has 0 bridgehead atoms. The van der Waals surface area contributed by atoms with Crippen molar-refractivity contribution < 1.29 is 14.6 Å². The van der Waals surface area contributed by atoms with Crippen molar-refractivity contribution >= 4 is 12.2 Å². The van der Waals surface area contributed by atoms with Crippen molar-refractivity contribution in [1.29, 1.82) is 0 Å². The zero-order chi connectivity index (χ0) is 13.4. The van der Waals surface area contributed by atoms with E-state index in [4.69, 9.17) is 16.6 Å². The van der Waals surface area contributed by atoms with Gasteiger partial charge in [0.15, 0.2) is 11.8 Å². The van der Waals surface area contributed by atoms with Gasteiger partial charge >= 0.3 is 0 Å². The van der Waals surface area contributed by atoms with Crippen molar-refractivity contribution in [3.63, 3.8) is 0 Å². The van der Waals surface area contributed by atoms with Crippen LogP contribution in [0.4, 0.5) is 0 Å². The SMILES string of the molecule is Oc1ccc(O)n1-c1ccc(-c2n[nH]c(=S)o2)cc1. The molecule has 0 aliphatic heterocycles. The molecule has 96 valence electrons. The number of hydrogen-bond donors (Lipinski definition) is 3. The normalized spacial score (nSPS) is 10.7. The minimum Gasteiger partial charge on any atom is -0.494 e. The molecule has 6 nitrogen and oxygen atoms in total. The van der Waals surface area contributed by atoms with Gasteiger partial charge in [0.05, 0.1) is 5.69 Å². The van der Waals surface area contributed by atoms with Crippen LogP contribution in [0, 0.1) is 4.84 Å². The zero-order valence-electron chi connectivity index (χ0n) is 9.57. The number of benzene rings is 1. The second kappa shape index (κ2) is 4.29.